The Kier molecular flexibility index (Phi) is 3.79. The van der Waals surface area contributed by atoms with Crippen LogP contribution in [-0.4, -0.2) is 17.2 Å². The van der Waals surface area contributed by atoms with Crippen molar-refractivity contribution >= 4 is 11.6 Å². The van der Waals surface area contributed by atoms with Gasteiger partial charge in [0.1, 0.15) is 17.7 Å². The fourth-order valence-electron chi connectivity index (χ4n) is 1.63. The Bertz CT molecular complexity index is 545. The summed E-state index contributed by atoms with van der Waals surface area (Å²) in [6, 6.07) is 7.57. The molecule has 2 rings (SSSR count). The first-order valence-corrected chi connectivity index (χ1v) is 5.62. The van der Waals surface area contributed by atoms with E-state index in [0.717, 1.165) is 6.20 Å². The average Bonchev–Trinajstić information content (AvgIpc) is 2.39. The van der Waals surface area contributed by atoms with Crippen molar-refractivity contribution in [3.8, 4) is 5.75 Å². The van der Waals surface area contributed by atoms with Gasteiger partial charge in [0.15, 0.2) is 0 Å². The largest absolute Gasteiger partial charge is 0.496 e. The highest BCUT2D eigenvalue weighted by Gasteiger charge is 2.17. The fourth-order valence-corrected chi connectivity index (χ4v) is 1.81. The quantitative estimate of drug-likeness (QED) is 0.930. The van der Waals surface area contributed by atoms with Gasteiger partial charge >= 0.3 is 0 Å². The monoisotopic (exact) mass is 267 g/mol. The summed E-state index contributed by atoms with van der Waals surface area (Å²) < 4.78 is 17.9. The second-order valence-corrected chi connectivity index (χ2v) is 4.13. The predicted octanol–water partition coefficient (Wildman–Crippen LogP) is 2.96. The molecule has 0 amide bonds. The van der Waals surface area contributed by atoms with Crippen molar-refractivity contribution in [1.29, 1.82) is 0 Å². The molecular weight excluding hydrogens is 257 g/mol. The first-order valence-electron chi connectivity index (χ1n) is 5.25. The summed E-state index contributed by atoms with van der Waals surface area (Å²) in [5.74, 6) is 0.0436. The van der Waals surface area contributed by atoms with E-state index in [1.807, 2.05) is 0 Å². The Balaban J connectivity index is 2.41. The van der Waals surface area contributed by atoms with Crippen LogP contribution in [0.5, 0.6) is 5.75 Å². The molecule has 1 heterocycles. The summed E-state index contributed by atoms with van der Waals surface area (Å²) in [4.78, 5) is 3.84. The minimum atomic E-state index is -1.01. The highest BCUT2D eigenvalue weighted by atomic mass is 35.5. The van der Waals surface area contributed by atoms with Crippen LogP contribution in [-0.2, 0) is 0 Å². The lowest BCUT2D eigenvalue weighted by Crippen LogP contribution is -2.04. The number of pyridine rings is 1. The molecule has 94 valence electrons. The van der Waals surface area contributed by atoms with Crippen LogP contribution in [0.25, 0.3) is 0 Å². The third-order valence-electron chi connectivity index (χ3n) is 2.52. The van der Waals surface area contributed by atoms with E-state index in [2.05, 4.69) is 4.98 Å². The highest BCUT2D eigenvalue weighted by molar-refractivity contribution is 6.30. The van der Waals surface area contributed by atoms with E-state index in [0.29, 0.717) is 22.0 Å². The molecule has 0 fully saturated rings. The Morgan fingerprint density at radius 1 is 1.33 bits per heavy atom. The molecule has 1 aromatic heterocycles. The van der Waals surface area contributed by atoms with Gasteiger partial charge in [0.05, 0.1) is 19.0 Å². The summed E-state index contributed by atoms with van der Waals surface area (Å²) in [6.45, 7) is 0. The Morgan fingerprint density at radius 3 is 2.72 bits per heavy atom. The molecule has 0 radical (unpaired) electrons. The minimum Gasteiger partial charge on any atom is -0.496 e. The van der Waals surface area contributed by atoms with Crippen LogP contribution in [0.1, 0.15) is 17.4 Å². The molecule has 0 saturated carbocycles. The number of ether oxygens (including phenoxy) is 1. The summed E-state index contributed by atoms with van der Waals surface area (Å²) >= 11 is 5.88. The van der Waals surface area contributed by atoms with Crippen LogP contribution in [0.15, 0.2) is 36.5 Å². The molecule has 1 N–H and O–H groups in total. The number of rotatable bonds is 3. The molecule has 2 aromatic rings. The van der Waals surface area contributed by atoms with E-state index in [9.17, 15) is 9.50 Å². The molecule has 0 aliphatic carbocycles. The zero-order chi connectivity index (χ0) is 13.1. The predicted molar refractivity (Wildman–Crippen MR) is 66.3 cm³/mol. The maximum absolute atomic E-state index is 12.8. The first-order chi connectivity index (χ1) is 8.61. The van der Waals surface area contributed by atoms with E-state index in [1.54, 1.807) is 18.2 Å². The Morgan fingerprint density at radius 2 is 2.11 bits per heavy atom. The van der Waals surface area contributed by atoms with Crippen molar-refractivity contribution in [1.82, 2.24) is 4.98 Å². The van der Waals surface area contributed by atoms with Crippen molar-refractivity contribution < 1.29 is 14.2 Å². The molecule has 1 aromatic carbocycles. The third-order valence-corrected chi connectivity index (χ3v) is 2.75. The smallest absolute Gasteiger partial charge is 0.141 e. The maximum atomic E-state index is 12.8. The van der Waals surface area contributed by atoms with Crippen molar-refractivity contribution in [3.05, 3.63) is 58.6 Å². The van der Waals surface area contributed by atoms with Crippen LogP contribution >= 0.6 is 11.6 Å². The number of hydrogen-bond acceptors (Lipinski definition) is 3. The molecule has 5 heteroatoms. The summed E-state index contributed by atoms with van der Waals surface area (Å²) in [7, 11) is 1.50. The number of aromatic nitrogens is 1. The molecule has 1 unspecified atom stereocenters. The van der Waals surface area contributed by atoms with Gasteiger partial charge in [-0.25, -0.2) is 4.39 Å². The van der Waals surface area contributed by atoms with Crippen LogP contribution in [0, 0.1) is 5.82 Å². The topological polar surface area (TPSA) is 42.4 Å². The van der Waals surface area contributed by atoms with Gasteiger partial charge in [-0.1, -0.05) is 11.6 Å². The number of benzene rings is 1. The standard InChI is InChI=1S/C13H11ClFNO2/c1-18-12-5-2-8(14)6-10(12)13(17)11-4-3-9(15)7-16-11/h2-7,13,17H,1H3. The molecule has 0 aliphatic rings. The zero-order valence-corrected chi connectivity index (χ0v) is 10.4. The second kappa shape index (κ2) is 5.33. The number of hydrogen-bond donors (Lipinski definition) is 1. The average molecular weight is 268 g/mol. The van der Waals surface area contributed by atoms with E-state index in [4.69, 9.17) is 16.3 Å². The fraction of sp³-hybridized carbons (Fsp3) is 0.154. The van der Waals surface area contributed by atoms with Crippen LogP contribution < -0.4 is 4.74 Å². The lowest BCUT2D eigenvalue weighted by atomic mass is 10.0. The molecule has 1 atom stereocenters. The van der Waals surface area contributed by atoms with E-state index < -0.39 is 11.9 Å². The lowest BCUT2D eigenvalue weighted by molar-refractivity contribution is 0.209. The number of aliphatic hydroxyl groups is 1. The van der Waals surface area contributed by atoms with Gasteiger partial charge in [0, 0.05) is 10.6 Å². The summed E-state index contributed by atoms with van der Waals surface area (Å²) in [5, 5.41) is 10.7. The molecule has 0 bridgehead atoms. The molecule has 18 heavy (non-hydrogen) atoms. The van der Waals surface area contributed by atoms with E-state index in [1.165, 1.54) is 19.2 Å². The van der Waals surface area contributed by atoms with Crippen molar-refractivity contribution in [2.24, 2.45) is 0 Å². The lowest BCUT2D eigenvalue weighted by Gasteiger charge is -2.14. The van der Waals surface area contributed by atoms with Gasteiger partial charge in [-0.05, 0) is 30.3 Å². The highest BCUT2D eigenvalue weighted by Crippen LogP contribution is 2.31. The normalized spacial score (nSPS) is 12.2. The van der Waals surface area contributed by atoms with Crippen molar-refractivity contribution in [2.75, 3.05) is 7.11 Å². The van der Waals surface area contributed by atoms with Gasteiger partial charge in [-0.2, -0.15) is 0 Å². The number of methoxy groups -OCH3 is 1. The summed E-state index contributed by atoms with van der Waals surface area (Å²) in [5.41, 5.74) is 0.820. The second-order valence-electron chi connectivity index (χ2n) is 3.69. The Labute approximate surface area is 109 Å². The van der Waals surface area contributed by atoms with Crippen molar-refractivity contribution in [3.63, 3.8) is 0 Å². The van der Waals surface area contributed by atoms with Gasteiger partial charge in [-0.3, -0.25) is 4.98 Å². The number of halogens is 2. The number of aliphatic hydroxyl groups excluding tert-OH is 1. The molecule has 0 saturated heterocycles. The molecule has 0 aliphatic heterocycles. The summed E-state index contributed by atoms with van der Waals surface area (Å²) in [6.07, 6.45) is 0.0366. The number of nitrogens with zero attached hydrogens (tertiary/aromatic N) is 1. The van der Waals surface area contributed by atoms with Gasteiger partial charge in [0.25, 0.3) is 0 Å². The third kappa shape index (κ3) is 2.60. The van der Waals surface area contributed by atoms with E-state index >= 15 is 0 Å². The Hall–Kier alpha value is -1.65. The molecular formula is C13H11ClFNO2. The van der Waals surface area contributed by atoms with Crippen LogP contribution in [0.4, 0.5) is 4.39 Å². The van der Waals surface area contributed by atoms with Crippen molar-refractivity contribution in [2.45, 2.75) is 6.10 Å². The van der Waals surface area contributed by atoms with E-state index in [-0.39, 0.29) is 0 Å². The maximum Gasteiger partial charge on any atom is 0.141 e. The molecule has 3 nitrogen and oxygen atoms in total. The van der Waals surface area contributed by atoms with Gasteiger partial charge in [0.2, 0.25) is 0 Å². The van der Waals surface area contributed by atoms with Gasteiger partial charge < -0.3 is 9.84 Å². The van der Waals surface area contributed by atoms with Gasteiger partial charge in [-0.15, -0.1) is 0 Å². The van der Waals surface area contributed by atoms with Crippen LogP contribution in [0.3, 0.4) is 0 Å². The zero-order valence-electron chi connectivity index (χ0n) is 9.60. The first kappa shape index (κ1) is 12.8. The van der Waals surface area contributed by atoms with Crippen LogP contribution in [0.2, 0.25) is 5.02 Å². The SMILES string of the molecule is COc1ccc(Cl)cc1C(O)c1ccc(F)cn1. The molecule has 0 spiro atoms. The minimum absolute atomic E-state index is 0.331.